The molecule has 0 spiro atoms. The summed E-state index contributed by atoms with van der Waals surface area (Å²) in [6.07, 6.45) is 3.67. The summed E-state index contributed by atoms with van der Waals surface area (Å²) in [5.41, 5.74) is 1.05. The van der Waals surface area contributed by atoms with Gasteiger partial charge in [0.25, 0.3) is 5.91 Å². The van der Waals surface area contributed by atoms with E-state index in [-0.39, 0.29) is 22.9 Å². The molecule has 0 N–H and O–H groups in total. The SMILES string of the molecule is CCCC(c1ccccc1)N(C)C(=O)/C(C#N)=C/C(C)(C)CN1CCOCC1. The third-order valence-corrected chi connectivity index (χ3v) is 5.16. The molecule has 0 saturated carbocycles. The van der Waals surface area contributed by atoms with Crippen molar-refractivity contribution < 1.29 is 9.53 Å². The number of nitriles is 1. The summed E-state index contributed by atoms with van der Waals surface area (Å²) in [6, 6.07) is 12.2. The Balaban J connectivity index is 2.17. The van der Waals surface area contributed by atoms with Crippen LogP contribution in [0.3, 0.4) is 0 Å². The van der Waals surface area contributed by atoms with E-state index in [1.807, 2.05) is 36.4 Å². The largest absolute Gasteiger partial charge is 0.379 e. The zero-order chi connectivity index (χ0) is 20.6. The lowest BCUT2D eigenvalue weighted by Crippen LogP contribution is -2.41. The molecule has 1 aromatic rings. The summed E-state index contributed by atoms with van der Waals surface area (Å²) >= 11 is 0. The van der Waals surface area contributed by atoms with Gasteiger partial charge in [-0.3, -0.25) is 9.69 Å². The van der Waals surface area contributed by atoms with Crippen LogP contribution in [0, 0.1) is 16.7 Å². The van der Waals surface area contributed by atoms with E-state index >= 15 is 0 Å². The number of carbonyl (C=O) groups is 1. The van der Waals surface area contributed by atoms with Crippen LogP contribution in [-0.2, 0) is 9.53 Å². The summed E-state index contributed by atoms with van der Waals surface area (Å²) in [5.74, 6) is -0.208. The molecule has 152 valence electrons. The minimum atomic E-state index is -0.272. The van der Waals surface area contributed by atoms with Crippen LogP contribution >= 0.6 is 0 Å². The third kappa shape index (κ3) is 6.19. The zero-order valence-corrected chi connectivity index (χ0v) is 17.6. The Bertz CT molecular complexity index is 700. The summed E-state index contributed by atoms with van der Waals surface area (Å²) in [7, 11) is 1.80. The van der Waals surface area contributed by atoms with Crippen LogP contribution in [0.5, 0.6) is 0 Å². The van der Waals surface area contributed by atoms with Gasteiger partial charge in [-0.25, -0.2) is 0 Å². The molecule has 5 heteroatoms. The van der Waals surface area contributed by atoms with E-state index in [0.717, 1.165) is 51.3 Å². The van der Waals surface area contributed by atoms with Gasteiger partial charge < -0.3 is 9.64 Å². The molecule has 0 aliphatic carbocycles. The molecular weight excluding hydrogens is 350 g/mol. The normalized spacial score (nSPS) is 17.0. The number of ether oxygens (including phenoxy) is 1. The average molecular weight is 384 g/mol. The highest BCUT2D eigenvalue weighted by molar-refractivity contribution is 5.97. The smallest absolute Gasteiger partial charge is 0.264 e. The number of carbonyl (C=O) groups excluding carboxylic acids is 1. The molecule has 1 unspecified atom stereocenters. The van der Waals surface area contributed by atoms with Gasteiger partial charge in [-0.15, -0.1) is 0 Å². The summed E-state index contributed by atoms with van der Waals surface area (Å²) in [6.45, 7) is 10.3. The first-order chi connectivity index (χ1) is 13.4. The van der Waals surface area contributed by atoms with E-state index in [2.05, 4.69) is 31.7 Å². The van der Waals surface area contributed by atoms with Gasteiger partial charge >= 0.3 is 0 Å². The van der Waals surface area contributed by atoms with Crippen LogP contribution < -0.4 is 0 Å². The molecular formula is C23H33N3O2. The minimum Gasteiger partial charge on any atom is -0.379 e. The van der Waals surface area contributed by atoms with Crippen LogP contribution in [-0.4, -0.2) is 55.6 Å². The van der Waals surface area contributed by atoms with Gasteiger partial charge in [0, 0.05) is 26.7 Å². The molecule has 1 amide bonds. The molecule has 0 bridgehead atoms. The molecule has 1 saturated heterocycles. The van der Waals surface area contributed by atoms with Crippen molar-refractivity contribution in [3.63, 3.8) is 0 Å². The Labute approximate surface area is 169 Å². The van der Waals surface area contributed by atoms with Crippen molar-refractivity contribution in [3.05, 3.63) is 47.5 Å². The highest BCUT2D eigenvalue weighted by atomic mass is 16.5. The first kappa shape index (κ1) is 22.1. The maximum absolute atomic E-state index is 13.1. The van der Waals surface area contributed by atoms with E-state index in [9.17, 15) is 10.1 Å². The second kappa shape index (κ2) is 10.4. The van der Waals surface area contributed by atoms with Gasteiger partial charge in [-0.1, -0.05) is 63.6 Å². The standard InChI is InChI=1S/C23H33N3O2/c1-5-9-21(19-10-7-6-8-11-19)25(4)22(27)20(17-24)16-23(2,3)18-26-12-14-28-15-13-26/h6-8,10-11,16,21H,5,9,12-15,18H2,1-4H3/b20-16+. The molecule has 2 rings (SSSR count). The molecule has 1 aliphatic rings. The zero-order valence-electron chi connectivity index (χ0n) is 17.6. The monoisotopic (exact) mass is 383 g/mol. The highest BCUT2D eigenvalue weighted by Gasteiger charge is 2.27. The number of nitrogens with zero attached hydrogens (tertiary/aromatic N) is 3. The number of hydrogen-bond donors (Lipinski definition) is 0. The van der Waals surface area contributed by atoms with Gasteiger partial charge in [-0.05, 0) is 17.4 Å². The Morgan fingerprint density at radius 3 is 2.54 bits per heavy atom. The second-order valence-corrected chi connectivity index (χ2v) is 8.18. The highest BCUT2D eigenvalue weighted by Crippen LogP contribution is 2.27. The molecule has 1 atom stereocenters. The molecule has 5 nitrogen and oxygen atoms in total. The second-order valence-electron chi connectivity index (χ2n) is 8.18. The van der Waals surface area contributed by atoms with Gasteiger partial charge in [0.15, 0.2) is 0 Å². The maximum atomic E-state index is 13.1. The number of morpholine rings is 1. The Kier molecular flexibility index (Phi) is 8.22. The van der Waals surface area contributed by atoms with Crippen LogP contribution in [0.1, 0.15) is 45.2 Å². The minimum absolute atomic E-state index is 0.0298. The quantitative estimate of drug-likeness (QED) is 0.506. The lowest BCUT2D eigenvalue weighted by atomic mass is 9.89. The Morgan fingerprint density at radius 1 is 1.32 bits per heavy atom. The fourth-order valence-electron chi connectivity index (χ4n) is 3.78. The summed E-state index contributed by atoms with van der Waals surface area (Å²) < 4.78 is 5.41. The average Bonchev–Trinajstić information content (AvgIpc) is 2.70. The van der Waals surface area contributed by atoms with Gasteiger partial charge in [-0.2, -0.15) is 5.26 Å². The van der Waals surface area contributed by atoms with Gasteiger partial charge in [0.05, 0.1) is 19.3 Å². The van der Waals surface area contributed by atoms with Crippen LogP contribution in [0.4, 0.5) is 0 Å². The van der Waals surface area contributed by atoms with Crippen molar-refractivity contribution in [2.45, 2.75) is 39.7 Å². The number of hydrogen-bond acceptors (Lipinski definition) is 4. The molecule has 1 fully saturated rings. The Morgan fingerprint density at radius 2 is 1.96 bits per heavy atom. The molecule has 1 aromatic carbocycles. The van der Waals surface area contributed by atoms with Crippen LogP contribution in [0.2, 0.25) is 0 Å². The first-order valence-electron chi connectivity index (χ1n) is 10.1. The fourth-order valence-corrected chi connectivity index (χ4v) is 3.78. The topological polar surface area (TPSA) is 56.6 Å². The molecule has 0 radical (unpaired) electrons. The van der Waals surface area contributed by atoms with E-state index < -0.39 is 0 Å². The predicted octanol–water partition coefficient (Wildman–Crippen LogP) is 3.79. The van der Waals surface area contributed by atoms with E-state index in [0.29, 0.717) is 0 Å². The van der Waals surface area contributed by atoms with E-state index in [4.69, 9.17) is 4.74 Å². The first-order valence-corrected chi connectivity index (χ1v) is 10.1. The number of rotatable bonds is 8. The molecule has 28 heavy (non-hydrogen) atoms. The third-order valence-electron chi connectivity index (χ3n) is 5.16. The van der Waals surface area contributed by atoms with Crippen molar-refractivity contribution in [3.8, 4) is 6.07 Å². The molecule has 1 heterocycles. The number of benzene rings is 1. The predicted molar refractivity (Wildman–Crippen MR) is 112 cm³/mol. The fraction of sp³-hybridized carbons (Fsp3) is 0.565. The summed E-state index contributed by atoms with van der Waals surface area (Å²) in [5, 5.41) is 9.70. The number of amides is 1. The van der Waals surface area contributed by atoms with Gasteiger partial charge in [0.2, 0.25) is 0 Å². The van der Waals surface area contributed by atoms with Gasteiger partial charge in [0.1, 0.15) is 11.6 Å². The molecule has 0 aromatic heterocycles. The van der Waals surface area contributed by atoms with Crippen molar-refractivity contribution in [2.24, 2.45) is 5.41 Å². The van der Waals surface area contributed by atoms with Crippen LogP contribution in [0.25, 0.3) is 0 Å². The van der Waals surface area contributed by atoms with Crippen LogP contribution in [0.15, 0.2) is 42.0 Å². The van der Waals surface area contributed by atoms with Crippen molar-refractivity contribution >= 4 is 5.91 Å². The van der Waals surface area contributed by atoms with Crippen molar-refractivity contribution in [1.29, 1.82) is 5.26 Å². The maximum Gasteiger partial charge on any atom is 0.264 e. The lowest BCUT2D eigenvalue weighted by molar-refractivity contribution is -0.127. The van der Waals surface area contributed by atoms with E-state index in [1.54, 1.807) is 11.9 Å². The van der Waals surface area contributed by atoms with Crippen molar-refractivity contribution in [1.82, 2.24) is 9.80 Å². The summed E-state index contributed by atoms with van der Waals surface area (Å²) in [4.78, 5) is 17.2. The number of likely N-dealkylation sites (N-methyl/N-ethyl adjacent to an activating group) is 1. The molecule has 1 aliphatic heterocycles. The van der Waals surface area contributed by atoms with Crippen molar-refractivity contribution in [2.75, 3.05) is 39.9 Å². The van der Waals surface area contributed by atoms with E-state index in [1.165, 1.54) is 0 Å². The lowest BCUT2D eigenvalue weighted by Gasteiger charge is -2.33. The Hall–Kier alpha value is -2.16.